The predicted molar refractivity (Wildman–Crippen MR) is 134 cm³/mol. The van der Waals surface area contributed by atoms with E-state index in [2.05, 4.69) is 23.7 Å². The molecular weight excluding hydrogens is 438 g/mol. The van der Waals surface area contributed by atoms with E-state index < -0.39 is 6.10 Å². The smallest absolute Gasteiger partial charge is 0.260 e. The summed E-state index contributed by atoms with van der Waals surface area (Å²) in [5, 5.41) is 13.1. The number of aromatic amines is 1. The first-order chi connectivity index (χ1) is 15.9. The van der Waals surface area contributed by atoms with Crippen molar-refractivity contribution < 1.29 is 14.6 Å². The average Bonchev–Trinajstić information content (AvgIpc) is 3.18. The molecule has 2 N–H and O–H groups in total. The van der Waals surface area contributed by atoms with Gasteiger partial charge in [0, 0.05) is 44.4 Å². The van der Waals surface area contributed by atoms with Crippen molar-refractivity contribution in [1.82, 2.24) is 14.9 Å². The number of fused-ring (bicyclic) bond motifs is 1. The van der Waals surface area contributed by atoms with Gasteiger partial charge in [0.15, 0.2) is 0 Å². The summed E-state index contributed by atoms with van der Waals surface area (Å²) < 4.78 is 10.8. The Labute approximate surface area is 199 Å². The van der Waals surface area contributed by atoms with Gasteiger partial charge in [0.25, 0.3) is 5.56 Å². The summed E-state index contributed by atoms with van der Waals surface area (Å²) in [6.45, 7) is 9.33. The van der Waals surface area contributed by atoms with E-state index in [0.29, 0.717) is 43.4 Å². The number of aliphatic hydroxyl groups excluding tert-OH is 1. The maximum atomic E-state index is 13.0. The number of aryl methyl sites for hydroxylation is 1. The van der Waals surface area contributed by atoms with Crippen LogP contribution in [0.15, 0.2) is 34.4 Å². The minimum atomic E-state index is -0.615. The van der Waals surface area contributed by atoms with Crippen molar-refractivity contribution in [3.63, 3.8) is 0 Å². The molecule has 0 bridgehead atoms. The number of ether oxygens (including phenoxy) is 2. The maximum absolute atomic E-state index is 13.0. The fourth-order valence-electron chi connectivity index (χ4n) is 3.81. The number of hydrogen-bond donors (Lipinski definition) is 2. The highest BCUT2D eigenvalue weighted by Crippen LogP contribution is 2.32. The van der Waals surface area contributed by atoms with Crippen LogP contribution in [0.2, 0.25) is 0 Å². The Balaban J connectivity index is 1.77. The molecule has 3 rings (SSSR count). The molecule has 3 aromatic rings. The van der Waals surface area contributed by atoms with Gasteiger partial charge in [-0.05, 0) is 30.4 Å². The summed E-state index contributed by atoms with van der Waals surface area (Å²) in [7, 11) is 1.68. The van der Waals surface area contributed by atoms with Crippen molar-refractivity contribution in [1.29, 1.82) is 0 Å². The summed E-state index contributed by atoms with van der Waals surface area (Å²) in [5.41, 5.74) is 2.96. The second kappa shape index (κ2) is 12.4. The molecule has 2 heterocycles. The number of benzene rings is 1. The molecule has 8 heteroatoms. The Morgan fingerprint density at radius 3 is 2.73 bits per heavy atom. The minimum Gasteiger partial charge on any atom is -0.389 e. The largest absolute Gasteiger partial charge is 0.389 e. The van der Waals surface area contributed by atoms with Gasteiger partial charge in [0.2, 0.25) is 0 Å². The van der Waals surface area contributed by atoms with E-state index in [9.17, 15) is 9.90 Å². The molecular formula is C25H35N3O4S. The number of hydrogen-bond acceptors (Lipinski definition) is 7. The molecule has 1 atom stereocenters. The Bertz CT molecular complexity index is 1080. The first kappa shape index (κ1) is 25.5. The third-order valence-electron chi connectivity index (χ3n) is 5.35. The van der Waals surface area contributed by atoms with Gasteiger partial charge in [0.1, 0.15) is 10.7 Å². The van der Waals surface area contributed by atoms with Crippen LogP contribution in [-0.2, 0) is 16.0 Å². The molecule has 0 fully saturated rings. The lowest BCUT2D eigenvalue weighted by molar-refractivity contribution is 0.00544. The molecule has 0 aliphatic heterocycles. The second-order valence-electron chi connectivity index (χ2n) is 8.82. The zero-order chi connectivity index (χ0) is 23.8. The van der Waals surface area contributed by atoms with Crippen molar-refractivity contribution in [2.24, 2.45) is 5.92 Å². The normalized spacial score (nSPS) is 12.8. The zero-order valence-electron chi connectivity index (χ0n) is 20.0. The van der Waals surface area contributed by atoms with E-state index >= 15 is 0 Å². The summed E-state index contributed by atoms with van der Waals surface area (Å²) in [6.07, 6.45) is 0.204. The highest BCUT2D eigenvalue weighted by atomic mass is 32.1. The standard InChI is InChI=1S/C25H35N3O4S/c1-17(2)14-32-15-19(29)12-28(10-7-11-31-4)13-22-26-24(30)23-21(16-33-25(23)27-22)20-9-6-5-8-18(20)3/h5-6,8-9,16-17,19,29H,7,10-15H2,1-4H3,(H,26,27,30). The van der Waals surface area contributed by atoms with E-state index in [-0.39, 0.29) is 12.2 Å². The summed E-state index contributed by atoms with van der Waals surface area (Å²) in [5.74, 6) is 1.02. The van der Waals surface area contributed by atoms with Crippen LogP contribution >= 0.6 is 11.3 Å². The molecule has 33 heavy (non-hydrogen) atoms. The Morgan fingerprint density at radius 1 is 1.21 bits per heavy atom. The first-order valence-corrected chi connectivity index (χ1v) is 12.3. The molecule has 0 saturated carbocycles. The van der Waals surface area contributed by atoms with Crippen molar-refractivity contribution in [2.45, 2.75) is 39.8 Å². The summed E-state index contributed by atoms with van der Waals surface area (Å²) in [4.78, 5) is 23.6. The van der Waals surface area contributed by atoms with Gasteiger partial charge in [-0.25, -0.2) is 4.98 Å². The number of thiophene rings is 1. The van der Waals surface area contributed by atoms with Crippen LogP contribution in [0.5, 0.6) is 0 Å². The zero-order valence-corrected chi connectivity index (χ0v) is 20.8. The lowest BCUT2D eigenvalue weighted by Crippen LogP contribution is -2.36. The van der Waals surface area contributed by atoms with Crippen LogP contribution in [-0.4, -0.2) is 66.1 Å². The van der Waals surface area contributed by atoms with Crippen molar-refractivity contribution in [2.75, 3.05) is 40.0 Å². The molecule has 1 unspecified atom stereocenters. The first-order valence-electron chi connectivity index (χ1n) is 11.4. The third kappa shape index (κ3) is 7.19. The maximum Gasteiger partial charge on any atom is 0.260 e. The Kier molecular flexibility index (Phi) is 9.58. The average molecular weight is 474 g/mol. The van der Waals surface area contributed by atoms with Gasteiger partial charge >= 0.3 is 0 Å². The number of rotatable bonds is 13. The van der Waals surface area contributed by atoms with Crippen molar-refractivity contribution in [3.05, 3.63) is 51.4 Å². The number of aromatic nitrogens is 2. The number of methoxy groups -OCH3 is 1. The number of H-pyrrole nitrogens is 1. The van der Waals surface area contributed by atoms with E-state index in [1.165, 1.54) is 11.3 Å². The van der Waals surface area contributed by atoms with Crippen molar-refractivity contribution in [3.8, 4) is 11.1 Å². The fourth-order valence-corrected chi connectivity index (χ4v) is 4.77. The van der Waals surface area contributed by atoms with E-state index in [4.69, 9.17) is 14.5 Å². The van der Waals surface area contributed by atoms with Gasteiger partial charge in [-0.2, -0.15) is 0 Å². The van der Waals surface area contributed by atoms with Crippen LogP contribution in [0.3, 0.4) is 0 Å². The lowest BCUT2D eigenvalue weighted by Gasteiger charge is -2.24. The second-order valence-corrected chi connectivity index (χ2v) is 9.68. The van der Waals surface area contributed by atoms with Gasteiger partial charge in [-0.3, -0.25) is 9.69 Å². The molecule has 0 aliphatic carbocycles. The summed E-state index contributed by atoms with van der Waals surface area (Å²) >= 11 is 1.48. The molecule has 7 nitrogen and oxygen atoms in total. The Morgan fingerprint density at radius 2 is 2.00 bits per heavy atom. The Hall–Kier alpha value is -2.10. The van der Waals surface area contributed by atoms with Gasteiger partial charge < -0.3 is 19.6 Å². The molecule has 0 amide bonds. The van der Waals surface area contributed by atoms with Crippen LogP contribution in [0.1, 0.15) is 31.7 Å². The van der Waals surface area contributed by atoms with Gasteiger partial charge in [-0.15, -0.1) is 11.3 Å². The quantitative estimate of drug-likeness (QED) is 0.367. The molecule has 0 saturated heterocycles. The molecule has 0 spiro atoms. The minimum absolute atomic E-state index is 0.132. The van der Waals surface area contributed by atoms with Crippen LogP contribution < -0.4 is 5.56 Å². The summed E-state index contributed by atoms with van der Waals surface area (Å²) in [6, 6.07) is 8.05. The van der Waals surface area contributed by atoms with Crippen LogP contribution in [0.25, 0.3) is 21.3 Å². The van der Waals surface area contributed by atoms with Crippen LogP contribution in [0.4, 0.5) is 0 Å². The monoisotopic (exact) mass is 473 g/mol. The van der Waals surface area contributed by atoms with Gasteiger partial charge in [0.05, 0.1) is 24.6 Å². The molecule has 0 radical (unpaired) electrons. The third-order valence-corrected chi connectivity index (χ3v) is 6.23. The SMILES string of the molecule is COCCCN(Cc1nc2scc(-c3ccccc3C)c2c(=O)[nH]1)CC(O)COCC(C)C. The molecule has 180 valence electrons. The van der Waals surface area contributed by atoms with E-state index in [1.807, 2.05) is 36.6 Å². The topological polar surface area (TPSA) is 87.7 Å². The highest BCUT2D eigenvalue weighted by molar-refractivity contribution is 7.17. The molecule has 0 aliphatic rings. The lowest BCUT2D eigenvalue weighted by atomic mass is 10.0. The molecule has 1 aromatic carbocycles. The fraction of sp³-hybridized carbons (Fsp3) is 0.520. The van der Waals surface area contributed by atoms with Gasteiger partial charge in [-0.1, -0.05) is 38.1 Å². The van der Waals surface area contributed by atoms with Crippen molar-refractivity contribution >= 4 is 21.6 Å². The van der Waals surface area contributed by atoms with E-state index in [0.717, 1.165) is 34.5 Å². The number of nitrogens with zero attached hydrogens (tertiary/aromatic N) is 2. The van der Waals surface area contributed by atoms with Crippen LogP contribution in [0, 0.1) is 12.8 Å². The number of nitrogens with one attached hydrogen (secondary N) is 1. The predicted octanol–water partition coefficient (Wildman–Crippen LogP) is 3.83. The molecule has 2 aromatic heterocycles. The number of aliphatic hydroxyl groups is 1. The highest BCUT2D eigenvalue weighted by Gasteiger charge is 2.17. The van der Waals surface area contributed by atoms with E-state index in [1.54, 1.807) is 7.11 Å².